The third kappa shape index (κ3) is 1.91. The molecule has 1 aliphatic heterocycles. The second-order valence-electron chi connectivity index (χ2n) is 5.40. The molecule has 110 valence electrons. The lowest BCUT2D eigenvalue weighted by molar-refractivity contribution is -0.149. The highest BCUT2D eigenvalue weighted by Crippen LogP contribution is 2.50. The molecule has 1 saturated carbocycles. The summed E-state index contributed by atoms with van der Waals surface area (Å²) in [7, 11) is -3.68. The van der Waals surface area contributed by atoms with Gasteiger partial charge in [0, 0.05) is 13.1 Å². The Morgan fingerprint density at radius 2 is 2.30 bits per heavy atom. The maximum absolute atomic E-state index is 12.6. The number of thiophene rings is 1. The number of rotatable bonds is 3. The molecule has 2 fully saturated rings. The van der Waals surface area contributed by atoms with Crippen LogP contribution in [0.3, 0.4) is 0 Å². The van der Waals surface area contributed by atoms with Gasteiger partial charge in [0.25, 0.3) is 10.0 Å². The molecule has 2 aliphatic rings. The summed E-state index contributed by atoms with van der Waals surface area (Å²) in [5.74, 6) is -0.969. The standard InChI is InChI=1S/C12H14ClNO4S2/c13-9-3-5-19-10(9)20(17,18)14-6-8-2-1-4-12(8,7-14)11(15)16/h3,5,8H,1-2,4,6-7H2,(H,15,16)/t8-,12+/m0/s1. The molecule has 5 nitrogen and oxygen atoms in total. The molecule has 0 unspecified atom stereocenters. The van der Waals surface area contributed by atoms with E-state index in [2.05, 4.69) is 0 Å². The Kier molecular flexibility index (Phi) is 3.36. The Labute approximate surface area is 126 Å². The van der Waals surface area contributed by atoms with Crippen LogP contribution >= 0.6 is 22.9 Å². The number of hydrogen-bond donors (Lipinski definition) is 1. The van der Waals surface area contributed by atoms with E-state index in [1.54, 1.807) is 11.4 Å². The molecule has 2 atom stereocenters. The number of halogens is 1. The molecule has 0 aromatic carbocycles. The van der Waals surface area contributed by atoms with Crippen molar-refractivity contribution in [3.05, 3.63) is 16.5 Å². The smallest absolute Gasteiger partial charge is 0.311 e. The second kappa shape index (κ2) is 4.69. The zero-order chi connectivity index (χ0) is 14.5. The zero-order valence-electron chi connectivity index (χ0n) is 10.6. The highest BCUT2D eigenvalue weighted by molar-refractivity contribution is 7.91. The lowest BCUT2D eigenvalue weighted by Crippen LogP contribution is -2.37. The number of carboxylic acid groups (broad SMARTS) is 1. The van der Waals surface area contributed by atoms with Gasteiger partial charge in [0.2, 0.25) is 0 Å². The first-order chi connectivity index (χ1) is 9.38. The molecule has 3 rings (SSSR count). The van der Waals surface area contributed by atoms with Crippen LogP contribution in [-0.2, 0) is 14.8 Å². The van der Waals surface area contributed by atoms with E-state index >= 15 is 0 Å². The number of fused-ring (bicyclic) bond motifs is 1. The summed E-state index contributed by atoms with van der Waals surface area (Å²) in [5.41, 5.74) is -0.906. The Bertz CT molecular complexity index is 656. The van der Waals surface area contributed by atoms with Gasteiger partial charge in [-0.2, -0.15) is 4.31 Å². The first-order valence-electron chi connectivity index (χ1n) is 6.34. The predicted molar refractivity (Wildman–Crippen MR) is 75.5 cm³/mol. The molecular weight excluding hydrogens is 322 g/mol. The van der Waals surface area contributed by atoms with Crippen molar-refractivity contribution in [2.45, 2.75) is 23.5 Å². The summed E-state index contributed by atoms with van der Waals surface area (Å²) in [6.45, 7) is 0.340. The fourth-order valence-electron chi connectivity index (χ4n) is 3.36. The molecule has 1 aromatic heterocycles. The van der Waals surface area contributed by atoms with Crippen LogP contribution in [0, 0.1) is 11.3 Å². The number of nitrogens with zero attached hydrogens (tertiary/aromatic N) is 1. The average Bonchev–Trinajstić information content (AvgIpc) is 3.00. The summed E-state index contributed by atoms with van der Waals surface area (Å²) in [6, 6.07) is 1.54. The van der Waals surface area contributed by atoms with Gasteiger partial charge in [-0.3, -0.25) is 4.79 Å². The monoisotopic (exact) mass is 335 g/mol. The molecule has 20 heavy (non-hydrogen) atoms. The van der Waals surface area contributed by atoms with E-state index in [9.17, 15) is 18.3 Å². The molecule has 1 aromatic rings. The number of carboxylic acids is 1. The molecule has 8 heteroatoms. The van der Waals surface area contributed by atoms with Gasteiger partial charge >= 0.3 is 5.97 Å². The largest absolute Gasteiger partial charge is 0.481 e. The van der Waals surface area contributed by atoms with Crippen LogP contribution in [-0.4, -0.2) is 36.9 Å². The average molecular weight is 336 g/mol. The lowest BCUT2D eigenvalue weighted by Gasteiger charge is -2.23. The van der Waals surface area contributed by atoms with Gasteiger partial charge < -0.3 is 5.11 Å². The van der Waals surface area contributed by atoms with Crippen LogP contribution in [0.5, 0.6) is 0 Å². The lowest BCUT2D eigenvalue weighted by atomic mass is 9.81. The molecule has 1 saturated heterocycles. The number of sulfonamides is 1. The normalized spacial score (nSPS) is 30.6. The second-order valence-corrected chi connectivity index (χ2v) is 8.86. The van der Waals surface area contributed by atoms with Crippen molar-refractivity contribution >= 4 is 38.9 Å². The highest BCUT2D eigenvalue weighted by atomic mass is 35.5. The van der Waals surface area contributed by atoms with Gasteiger partial charge in [-0.15, -0.1) is 11.3 Å². The van der Waals surface area contributed by atoms with Gasteiger partial charge in [-0.1, -0.05) is 18.0 Å². The highest BCUT2D eigenvalue weighted by Gasteiger charge is 2.57. The summed E-state index contributed by atoms with van der Waals surface area (Å²) in [6.07, 6.45) is 2.18. The van der Waals surface area contributed by atoms with Crippen LogP contribution in [0.2, 0.25) is 5.02 Å². The van der Waals surface area contributed by atoms with E-state index in [1.165, 1.54) is 4.31 Å². The Balaban J connectivity index is 1.95. The van der Waals surface area contributed by atoms with Crippen LogP contribution in [0.25, 0.3) is 0 Å². The Morgan fingerprint density at radius 3 is 2.85 bits per heavy atom. The Morgan fingerprint density at radius 1 is 1.55 bits per heavy atom. The number of hydrogen-bond acceptors (Lipinski definition) is 4. The molecule has 2 heterocycles. The first kappa shape index (κ1) is 14.3. The predicted octanol–water partition coefficient (Wildman–Crippen LogP) is 2.28. The summed E-state index contributed by atoms with van der Waals surface area (Å²) in [5, 5.41) is 11.3. The van der Waals surface area contributed by atoms with Crippen molar-refractivity contribution < 1.29 is 18.3 Å². The maximum atomic E-state index is 12.6. The molecular formula is C12H14ClNO4S2. The van der Waals surface area contributed by atoms with Crippen LogP contribution in [0.4, 0.5) is 0 Å². The number of aliphatic carboxylic acids is 1. The first-order valence-corrected chi connectivity index (χ1v) is 9.04. The minimum Gasteiger partial charge on any atom is -0.481 e. The molecule has 0 bridgehead atoms. The van der Waals surface area contributed by atoms with Crippen molar-refractivity contribution in [2.24, 2.45) is 11.3 Å². The van der Waals surface area contributed by atoms with Gasteiger partial charge in [0.1, 0.15) is 0 Å². The van der Waals surface area contributed by atoms with Crippen LogP contribution < -0.4 is 0 Å². The van der Waals surface area contributed by atoms with Gasteiger partial charge in [0.05, 0.1) is 10.4 Å². The number of carbonyl (C=O) groups is 1. The third-order valence-electron chi connectivity index (χ3n) is 4.42. The van der Waals surface area contributed by atoms with Gasteiger partial charge in [-0.25, -0.2) is 8.42 Å². The van der Waals surface area contributed by atoms with E-state index in [4.69, 9.17) is 11.6 Å². The maximum Gasteiger partial charge on any atom is 0.311 e. The van der Waals surface area contributed by atoms with E-state index in [0.29, 0.717) is 6.42 Å². The molecule has 0 amide bonds. The minimum absolute atomic E-state index is 0.0591. The van der Waals surface area contributed by atoms with Crippen LogP contribution in [0.1, 0.15) is 19.3 Å². The Hall–Kier alpha value is -0.630. The van der Waals surface area contributed by atoms with Crippen molar-refractivity contribution in [1.82, 2.24) is 4.31 Å². The quantitative estimate of drug-likeness (QED) is 0.919. The van der Waals surface area contributed by atoms with E-state index in [-0.39, 0.29) is 28.2 Å². The van der Waals surface area contributed by atoms with E-state index in [0.717, 1.165) is 24.2 Å². The minimum atomic E-state index is -3.68. The van der Waals surface area contributed by atoms with E-state index in [1.807, 2.05) is 0 Å². The van der Waals surface area contributed by atoms with Crippen LogP contribution in [0.15, 0.2) is 15.7 Å². The zero-order valence-corrected chi connectivity index (χ0v) is 13.0. The molecule has 0 spiro atoms. The van der Waals surface area contributed by atoms with Crippen molar-refractivity contribution in [1.29, 1.82) is 0 Å². The topological polar surface area (TPSA) is 74.7 Å². The summed E-state index contributed by atoms with van der Waals surface area (Å²) < 4.78 is 26.5. The SMILES string of the molecule is O=C(O)[C@@]12CCC[C@H]1CN(S(=O)(=O)c1sccc1Cl)C2. The fraction of sp³-hybridized carbons (Fsp3) is 0.583. The van der Waals surface area contributed by atoms with Crippen molar-refractivity contribution in [3.8, 4) is 0 Å². The summed E-state index contributed by atoms with van der Waals surface area (Å²) in [4.78, 5) is 11.6. The van der Waals surface area contributed by atoms with Gasteiger partial charge in [-0.05, 0) is 30.2 Å². The summed E-state index contributed by atoms with van der Waals surface area (Å²) >= 11 is 6.98. The molecule has 1 N–H and O–H groups in total. The van der Waals surface area contributed by atoms with Gasteiger partial charge in [0.15, 0.2) is 4.21 Å². The fourth-order valence-corrected chi connectivity index (χ4v) is 6.72. The van der Waals surface area contributed by atoms with Crippen molar-refractivity contribution in [3.63, 3.8) is 0 Å². The van der Waals surface area contributed by atoms with E-state index < -0.39 is 21.4 Å². The molecule has 1 aliphatic carbocycles. The molecule has 0 radical (unpaired) electrons. The van der Waals surface area contributed by atoms with Crippen molar-refractivity contribution in [2.75, 3.05) is 13.1 Å². The third-order valence-corrected chi connectivity index (χ3v) is 8.24.